The van der Waals surface area contributed by atoms with E-state index in [1.165, 1.54) is 11.6 Å². The number of halogens is 3. The highest BCUT2D eigenvalue weighted by atomic mass is 19.4. The van der Waals surface area contributed by atoms with Gasteiger partial charge in [0.05, 0.1) is 18.3 Å². The summed E-state index contributed by atoms with van der Waals surface area (Å²) in [6.45, 7) is 6.03. The second-order valence-corrected chi connectivity index (χ2v) is 6.52. The van der Waals surface area contributed by atoms with Gasteiger partial charge in [-0.15, -0.1) is 0 Å². The molecule has 0 saturated carbocycles. The molecule has 0 amide bonds. The van der Waals surface area contributed by atoms with E-state index in [1.54, 1.807) is 0 Å². The molecule has 7 heteroatoms. The van der Waals surface area contributed by atoms with Crippen molar-refractivity contribution in [3.63, 3.8) is 0 Å². The molecule has 2 aromatic rings. The number of pyridine rings is 1. The maximum absolute atomic E-state index is 12.6. The highest BCUT2D eigenvalue weighted by Gasteiger charge is 2.30. The molecule has 0 radical (unpaired) electrons. The summed E-state index contributed by atoms with van der Waals surface area (Å²) < 4.78 is 43.2. The molecule has 1 N–H and O–H groups in total. The van der Waals surface area contributed by atoms with Crippen LogP contribution in [0, 0.1) is 0 Å². The number of nitrogens with one attached hydrogen (secondary N) is 1. The second kappa shape index (κ2) is 8.05. The Morgan fingerprint density at radius 2 is 2.04 bits per heavy atom. The van der Waals surface area contributed by atoms with Crippen LogP contribution >= 0.6 is 0 Å². The highest BCUT2D eigenvalue weighted by molar-refractivity contribution is 5.37. The smallest absolute Gasteiger partial charge is 0.376 e. The van der Waals surface area contributed by atoms with Crippen LogP contribution in [-0.2, 0) is 24.0 Å². The third kappa shape index (κ3) is 5.19. The zero-order valence-electron chi connectivity index (χ0n) is 14.6. The summed E-state index contributed by atoms with van der Waals surface area (Å²) in [6, 6.07) is 10.6. The van der Waals surface area contributed by atoms with Crippen LogP contribution in [0.15, 0.2) is 42.6 Å². The molecule has 140 valence electrons. The Morgan fingerprint density at radius 3 is 2.73 bits per heavy atom. The van der Waals surface area contributed by atoms with E-state index in [2.05, 4.69) is 34.3 Å². The number of nitrogens with zero attached hydrogens (tertiary/aromatic N) is 2. The Kier molecular flexibility index (Phi) is 5.78. The molecule has 0 spiro atoms. The van der Waals surface area contributed by atoms with Crippen molar-refractivity contribution in [2.45, 2.75) is 32.3 Å². The van der Waals surface area contributed by atoms with Gasteiger partial charge in [0.2, 0.25) is 0 Å². The van der Waals surface area contributed by atoms with Gasteiger partial charge >= 0.3 is 6.18 Å². The van der Waals surface area contributed by atoms with Gasteiger partial charge in [-0.1, -0.05) is 24.3 Å². The average molecular weight is 365 g/mol. The molecule has 26 heavy (non-hydrogen) atoms. The number of anilines is 1. The molecule has 1 unspecified atom stereocenters. The van der Waals surface area contributed by atoms with Gasteiger partial charge in [-0.3, -0.25) is 4.90 Å². The summed E-state index contributed by atoms with van der Waals surface area (Å²) in [7, 11) is 0. The lowest BCUT2D eigenvalue weighted by Crippen LogP contribution is -2.40. The van der Waals surface area contributed by atoms with Gasteiger partial charge in [0.1, 0.15) is 5.82 Å². The highest BCUT2D eigenvalue weighted by Crippen LogP contribution is 2.28. The van der Waals surface area contributed by atoms with Crippen molar-refractivity contribution in [3.05, 3.63) is 59.3 Å². The van der Waals surface area contributed by atoms with Gasteiger partial charge in [0, 0.05) is 32.4 Å². The summed E-state index contributed by atoms with van der Waals surface area (Å²) in [5.41, 5.74) is 1.52. The first-order chi connectivity index (χ1) is 12.4. The van der Waals surface area contributed by atoms with Crippen LogP contribution in [-0.4, -0.2) is 35.7 Å². The lowest BCUT2D eigenvalue weighted by Gasteiger charge is -2.31. The predicted molar refractivity (Wildman–Crippen MR) is 93.7 cm³/mol. The predicted octanol–water partition coefficient (Wildman–Crippen LogP) is 3.93. The lowest BCUT2D eigenvalue weighted by molar-refractivity contribution is -0.137. The Hall–Kier alpha value is -2.12. The molecule has 1 fully saturated rings. The van der Waals surface area contributed by atoms with Crippen LogP contribution in [0.25, 0.3) is 0 Å². The Bertz CT molecular complexity index is 719. The van der Waals surface area contributed by atoms with Crippen LogP contribution in [0.1, 0.15) is 23.6 Å². The number of alkyl halides is 3. The standard InChI is InChI=1S/C19H22F3N3O/c1-14-12-25(7-8-26-14)13-16-4-2-3-15(9-16)10-23-18-6-5-17(11-24-18)19(20,21)22/h2-6,9,11,14H,7-8,10,12-13H2,1H3,(H,23,24). The second-order valence-electron chi connectivity index (χ2n) is 6.52. The minimum absolute atomic E-state index is 0.249. The first-order valence-electron chi connectivity index (χ1n) is 8.59. The first kappa shape index (κ1) is 18.7. The zero-order chi connectivity index (χ0) is 18.6. The van der Waals surface area contributed by atoms with Gasteiger partial charge in [0.25, 0.3) is 0 Å². The van der Waals surface area contributed by atoms with Crippen LogP contribution in [0.5, 0.6) is 0 Å². The largest absolute Gasteiger partial charge is 0.417 e. The average Bonchev–Trinajstić information content (AvgIpc) is 2.60. The Balaban J connectivity index is 1.57. The SMILES string of the molecule is CC1CN(Cc2cccc(CNc3ccc(C(F)(F)F)cn3)c2)CCO1. The van der Waals surface area contributed by atoms with Crippen molar-refractivity contribution < 1.29 is 17.9 Å². The number of hydrogen-bond acceptors (Lipinski definition) is 4. The van der Waals surface area contributed by atoms with Crippen molar-refractivity contribution in [3.8, 4) is 0 Å². The maximum atomic E-state index is 12.6. The summed E-state index contributed by atoms with van der Waals surface area (Å²) >= 11 is 0. The normalized spacial score (nSPS) is 18.7. The quantitative estimate of drug-likeness (QED) is 0.871. The third-order valence-electron chi connectivity index (χ3n) is 4.29. The maximum Gasteiger partial charge on any atom is 0.417 e. The number of rotatable bonds is 5. The summed E-state index contributed by atoms with van der Waals surface area (Å²) in [5.74, 6) is 0.422. The fraction of sp³-hybridized carbons (Fsp3) is 0.421. The van der Waals surface area contributed by atoms with E-state index in [0.29, 0.717) is 12.4 Å². The monoisotopic (exact) mass is 365 g/mol. The van der Waals surface area contributed by atoms with E-state index in [-0.39, 0.29) is 6.10 Å². The molecule has 1 aromatic carbocycles. The van der Waals surface area contributed by atoms with E-state index in [1.807, 2.05) is 12.1 Å². The van der Waals surface area contributed by atoms with Gasteiger partial charge < -0.3 is 10.1 Å². The Morgan fingerprint density at radius 1 is 1.23 bits per heavy atom. The lowest BCUT2D eigenvalue weighted by atomic mass is 10.1. The molecule has 1 atom stereocenters. The molecule has 2 heterocycles. The topological polar surface area (TPSA) is 37.4 Å². The van der Waals surface area contributed by atoms with E-state index in [4.69, 9.17) is 4.74 Å². The molecule has 1 aromatic heterocycles. The van der Waals surface area contributed by atoms with E-state index < -0.39 is 11.7 Å². The first-order valence-corrected chi connectivity index (χ1v) is 8.59. The van der Waals surface area contributed by atoms with Crippen LogP contribution in [0.3, 0.4) is 0 Å². The minimum atomic E-state index is -4.36. The molecular weight excluding hydrogens is 343 g/mol. The summed E-state index contributed by atoms with van der Waals surface area (Å²) in [4.78, 5) is 6.19. The van der Waals surface area contributed by atoms with Gasteiger partial charge in [0.15, 0.2) is 0 Å². The minimum Gasteiger partial charge on any atom is -0.376 e. The molecule has 0 bridgehead atoms. The van der Waals surface area contributed by atoms with Crippen molar-refractivity contribution in [1.29, 1.82) is 0 Å². The van der Waals surface area contributed by atoms with Crippen molar-refractivity contribution in [2.24, 2.45) is 0 Å². The number of morpholine rings is 1. The molecule has 1 aliphatic rings. The fourth-order valence-electron chi connectivity index (χ4n) is 2.99. The molecular formula is C19H22F3N3O. The molecule has 1 saturated heterocycles. The van der Waals surface area contributed by atoms with E-state index in [0.717, 1.165) is 44.1 Å². The number of benzene rings is 1. The molecule has 4 nitrogen and oxygen atoms in total. The zero-order valence-corrected chi connectivity index (χ0v) is 14.6. The molecule has 3 rings (SSSR count). The Labute approximate surface area is 151 Å². The van der Waals surface area contributed by atoms with Crippen molar-refractivity contribution >= 4 is 5.82 Å². The van der Waals surface area contributed by atoms with Gasteiger partial charge in [-0.05, 0) is 30.2 Å². The molecule has 1 aliphatic heterocycles. The number of hydrogen-bond donors (Lipinski definition) is 1. The summed E-state index contributed by atoms with van der Waals surface area (Å²) in [6.07, 6.45) is -3.27. The van der Waals surface area contributed by atoms with Crippen LogP contribution in [0.2, 0.25) is 0 Å². The van der Waals surface area contributed by atoms with Crippen molar-refractivity contribution in [1.82, 2.24) is 9.88 Å². The summed E-state index contributed by atoms with van der Waals surface area (Å²) in [5, 5.41) is 3.07. The molecule has 0 aliphatic carbocycles. The van der Waals surface area contributed by atoms with Gasteiger partial charge in [-0.25, -0.2) is 4.98 Å². The van der Waals surface area contributed by atoms with Crippen LogP contribution in [0.4, 0.5) is 19.0 Å². The van der Waals surface area contributed by atoms with Gasteiger partial charge in [-0.2, -0.15) is 13.2 Å². The number of ether oxygens (including phenoxy) is 1. The van der Waals surface area contributed by atoms with Crippen LogP contribution < -0.4 is 5.32 Å². The van der Waals surface area contributed by atoms with E-state index in [9.17, 15) is 13.2 Å². The third-order valence-corrected chi connectivity index (χ3v) is 4.29. The van der Waals surface area contributed by atoms with E-state index >= 15 is 0 Å². The number of aromatic nitrogens is 1. The fourth-order valence-corrected chi connectivity index (χ4v) is 2.99. The van der Waals surface area contributed by atoms with Crippen molar-refractivity contribution in [2.75, 3.05) is 25.0 Å².